The van der Waals surface area contributed by atoms with E-state index in [4.69, 9.17) is 10.8 Å². The highest BCUT2D eigenvalue weighted by Crippen LogP contribution is 2.25. The quantitative estimate of drug-likeness (QED) is 0.636. The first-order valence-electron chi connectivity index (χ1n) is 5.89. The van der Waals surface area contributed by atoms with Crippen LogP contribution in [0.15, 0.2) is 30.3 Å². The molecule has 1 aromatic heterocycles. The van der Waals surface area contributed by atoms with Crippen molar-refractivity contribution >= 4 is 11.8 Å². The fourth-order valence-corrected chi connectivity index (χ4v) is 1.84. The van der Waals surface area contributed by atoms with E-state index in [9.17, 15) is 9.59 Å². The third kappa shape index (κ3) is 2.69. The van der Waals surface area contributed by atoms with Crippen molar-refractivity contribution in [3.63, 3.8) is 0 Å². The fourth-order valence-electron chi connectivity index (χ4n) is 1.84. The van der Waals surface area contributed by atoms with Crippen molar-refractivity contribution in [2.45, 2.75) is 18.4 Å². The molecule has 0 radical (unpaired) electrons. The Morgan fingerprint density at radius 3 is 2.55 bits per heavy atom. The van der Waals surface area contributed by atoms with Gasteiger partial charge in [-0.1, -0.05) is 30.3 Å². The molecule has 104 valence electrons. The minimum Gasteiger partial charge on any atom is -0.481 e. The fraction of sp³-hybridized carbons (Fsp3) is 0.250. The van der Waals surface area contributed by atoms with Crippen molar-refractivity contribution in [3.05, 3.63) is 41.7 Å². The summed E-state index contributed by atoms with van der Waals surface area (Å²) in [6.45, 7) is 0. The number of rotatable bonds is 6. The second-order valence-corrected chi connectivity index (χ2v) is 4.31. The molecular formula is C12H13N5O3. The Morgan fingerprint density at radius 1 is 1.30 bits per heavy atom. The van der Waals surface area contributed by atoms with E-state index < -0.39 is 17.3 Å². The van der Waals surface area contributed by atoms with Gasteiger partial charge in [-0.05, 0) is 16.8 Å². The van der Waals surface area contributed by atoms with Crippen molar-refractivity contribution in [1.29, 1.82) is 0 Å². The SMILES string of the molecule is NC(CCC(=O)O)(C(=O)c1ccccc1)c1nnn[nH]1. The van der Waals surface area contributed by atoms with Crippen molar-refractivity contribution in [3.8, 4) is 0 Å². The number of aliphatic carboxylic acids is 1. The Kier molecular flexibility index (Phi) is 3.85. The van der Waals surface area contributed by atoms with Gasteiger partial charge in [-0.3, -0.25) is 9.59 Å². The van der Waals surface area contributed by atoms with Crippen LogP contribution in [0.5, 0.6) is 0 Å². The number of hydrogen-bond acceptors (Lipinski definition) is 6. The van der Waals surface area contributed by atoms with Crippen molar-refractivity contribution in [2.75, 3.05) is 0 Å². The van der Waals surface area contributed by atoms with E-state index in [0.29, 0.717) is 5.56 Å². The van der Waals surface area contributed by atoms with E-state index in [1.54, 1.807) is 30.3 Å². The van der Waals surface area contributed by atoms with E-state index in [-0.39, 0.29) is 18.7 Å². The van der Waals surface area contributed by atoms with E-state index in [2.05, 4.69) is 20.6 Å². The van der Waals surface area contributed by atoms with Crippen LogP contribution in [-0.2, 0) is 10.3 Å². The summed E-state index contributed by atoms with van der Waals surface area (Å²) in [5.41, 5.74) is 4.88. The predicted molar refractivity (Wildman–Crippen MR) is 67.7 cm³/mol. The minimum absolute atomic E-state index is 0.0487. The van der Waals surface area contributed by atoms with Gasteiger partial charge in [0, 0.05) is 12.0 Å². The molecule has 20 heavy (non-hydrogen) atoms. The van der Waals surface area contributed by atoms with Gasteiger partial charge in [0.1, 0.15) is 5.54 Å². The second-order valence-electron chi connectivity index (χ2n) is 4.31. The largest absolute Gasteiger partial charge is 0.481 e. The van der Waals surface area contributed by atoms with Gasteiger partial charge in [0.25, 0.3) is 0 Å². The molecule has 8 heteroatoms. The van der Waals surface area contributed by atoms with E-state index in [1.807, 2.05) is 0 Å². The van der Waals surface area contributed by atoms with E-state index in [0.717, 1.165) is 0 Å². The molecular weight excluding hydrogens is 262 g/mol. The number of aromatic nitrogens is 4. The summed E-state index contributed by atoms with van der Waals surface area (Å²) in [5, 5.41) is 21.7. The Bertz CT molecular complexity index is 599. The molecule has 1 atom stereocenters. The lowest BCUT2D eigenvalue weighted by atomic mass is 9.85. The van der Waals surface area contributed by atoms with Crippen LogP contribution in [0, 0.1) is 0 Å². The molecule has 1 aromatic carbocycles. The van der Waals surface area contributed by atoms with Crippen LogP contribution < -0.4 is 5.73 Å². The van der Waals surface area contributed by atoms with Crippen molar-refractivity contribution < 1.29 is 14.7 Å². The first-order valence-corrected chi connectivity index (χ1v) is 5.89. The smallest absolute Gasteiger partial charge is 0.303 e. The first kappa shape index (κ1) is 13.8. The summed E-state index contributed by atoms with van der Waals surface area (Å²) in [4.78, 5) is 23.3. The Labute approximate surface area is 114 Å². The van der Waals surface area contributed by atoms with Crippen LogP contribution in [0.3, 0.4) is 0 Å². The first-order chi connectivity index (χ1) is 9.54. The normalized spacial score (nSPS) is 13.7. The van der Waals surface area contributed by atoms with Gasteiger partial charge in [-0.15, -0.1) is 5.10 Å². The number of nitrogens with two attached hydrogens (primary N) is 1. The highest BCUT2D eigenvalue weighted by Gasteiger charge is 2.40. The highest BCUT2D eigenvalue weighted by molar-refractivity contribution is 6.03. The molecule has 4 N–H and O–H groups in total. The van der Waals surface area contributed by atoms with Crippen LogP contribution in [-0.4, -0.2) is 37.5 Å². The van der Waals surface area contributed by atoms with E-state index >= 15 is 0 Å². The monoisotopic (exact) mass is 275 g/mol. The number of H-pyrrole nitrogens is 1. The van der Waals surface area contributed by atoms with Crippen molar-refractivity contribution in [2.24, 2.45) is 5.73 Å². The number of hydrogen-bond donors (Lipinski definition) is 3. The van der Waals surface area contributed by atoms with Gasteiger partial charge in [0.05, 0.1) is 0 Å². The summed E-state index contributed by atoms with van der Waals surface area (Å²) in [7, 11) is 0. The zero-order chi connectivity index (χ0) is 14.6. The number of nitrogens with one attached hydrogen (secondary N) is 1. The molecule has 0 aliphatic rings. The maximum absolute atomic E-state index is 12.5. The zero-order valence-electron chi connectivity index (χ0n) is 10.5. The average Bonchev–Trinajstić information content (AvgIpc) is 2.99. The number of carbonyl (C=O) groups excluding carboxylic acids is 1. The number of tetrazole rings is 1. The number of ketones is 1. The number of benzene rings is 1. The van der Waals surface area contributed by atoms with Gasteiger partial charge in [-0.25, -0.2) is 5.10 Å². The van der Waals surface area contributed by atoms with Crippen molar-refractivity contribution in [1.82, 2.24) is 20.6 Å². The van der Waals surface area contributed by atoms with Gasteiger partial charge in [-0.2, -0.15) is 0 Å². The van der Waals surface area contributed by atoms with Gasteiger partial charge in [0.15, 0.2) is 11.6 Å². The maximum Gasteiger partial charge on any atom is 0.303 e. The molecule has 8 nitrogen and oxygen atoms in total. The van der Waals surface area contributed by atoms with Crippen LogP contribution in [0.1, 0.15) is 29.0 Å². The molecule has 0 bridgehead atoms. The lowest BCUT2D eigenvalue weighted by molar-refractivity contribution is -0.137. The summed E-state index contributed by atoms with van der Waals surface area (Å²) in [6, 6.07) is 8.37. The summed E-state index contributed by atoms with van der Waals surface area (Å²) in [5.74, 6) is -1.43. The molecule has 1 unspecified atom stereocenters. The molecule has 2 aromatic rings. The molecule has 1 heterocycles. The van der Waals surface area contributed by atoms with Gasteiger partial charge < -0.3 is 10.8 Å². The molecule has 0 aliphatic carbocycles. The minimum atomic E-state index is -1.59. The molecule has 2 rings (SSSR count). The topological polar surface area (TPSA) is 135 Å². The molecule has 0 spiro atoms. The molecule has 0 saturated heterocycles. The lowest BCUT2D eigenvalue weighted by Gasteiger charge is -2.24. The van der Waals surface area contributed by atoms with Crippen LogP contribution in [0.4, 0.5) is 0 Å². The third-order valence-corrected chi connectivity index (χ3v) is 2.94. The summed E-state index contributed by atoms with van der Waals surface area (Å²) >= 11 is 0. The summed E-state index contributed by atoms with van der Waals surface area (Å²) in [6.07, 6.45) is -0.372. The number of Topliss-reactive ketones (excluding diaryl/α,β-unsaturated/α-hetero) is 1. The summed E-state index contributed by atoms with van der Waals surface area (Å²) < 4.78 is 0. The predicted octanol–water partition coefficient (Wildman–Crippen LogP) is 0.101. The third-order valence-electron chi connectivity index (χ3n) is 2.94. The number of carboxylic acids is 1. The van der Waals surface area contributed by atoms with Gasteiger partial charge in [0.2, 0.25) is 0 Å². The average molecular weight is 275 g/mol. The highest BCUT2D eigenvalue weighted by atomic mass is 16.4. The maximum atomic E-state index is 12.5. The molecule has 0 saturated carbocycles. The molecule has 0 amide bonds. The van der Waals surface area contributed by atoms with Crippen LogP contribution in [0.2, 0.25) is 0 Å². The number of aromatic amines is 1. The number of nitrogens with zero attached hydrogens (tertiary/aromatic N) is 3. The van der Waals surface area contributed by atoms with Crippen LogP contribution >= 0.6 is 0 Å². The molecule has 0 aliphatic heterocycles. The zero-order valence-corrected chi connectivity index (χ0v) is 10.5. The lowest BCUT2D eigenvalue weighted by Crippen LogP contribution is -2.46. The number of carbonyl (C=O) groups is 2. The second kappa shape index (κ2) is 5.57. The Morgan fingerprint density at radius 2 is 2.00 bits per heavy atom. The Balaban J connectivity index is 2.36. The molecule has 0 fully saturated rings. The number of carboxylic acid groups (broad SMARTS) is 1. The van der Waals surface area contributed by atoms with Crippen LogP contribution in [0.25, 0.3) is 0 Å². The standard InChI is InChI=1S/C12H13N5O3/c13-12(7-6-9(18)19,11-14-16-17-15-11)10(20)8-4-2-1-3-5-8/h1-5H,6-7,13H2,(H,18,19)(H,14,15,16,17). The van der Waals surface area contributed by atoms with Gasteiger partial charge >= 0.3 is 5.97 Å². The van der Waals surface area contributed by atoms with E-state index in [1.165, 1.54) is 0 Å². The Hall–Kier alpha value is -2.61.